The number of unbranched alkanes of at least 4 members (excludes halogenated alkanes) is 1. The summed E-state index contributed by atoms with van der Waals surface area (Å²) in [4.78, 5) is 22.1. The van der Waals surface area contributed by atoms with Gasteiger partial charge in [-0.15, -0.1) is 0 Å². The van der Waals surface area contributed by atoms with E-state index in [4.69, 9.17) is 15.6 Å². The van der Waals surface area contributed by atoms with E-state index in [1.165, 1.54) is 11.8 Å². The molecule has 16 heavy (non-hydrogen) atoms. The van der Waals surface area contributed by atoms with E-state index >= 15 is 0 Å². The fourth-order valence-corrected chi connectivity index (χ4v) is 1.69. The molecule has 94 valence electrons. The van der Waals surface area contributed by atoms with Gasteiger partial charge in [0.05, 0.1) is 6.61 Å². The van der Waals surface area contributed by atoms with Gasteiger partial charge in [0.25, 0.3) is 0 Å². The van der Waals surface area contributed by atoms with E-state index in [1.807, 2.05) is 6.92 Å². The molecule has 2 atom stereocenters. The van der Waals surface area contributed by atoms with E-state index in [-0.39, 0.29) is 12.4 Å². The molecule has 0 aliphatic rings. The third-order valence-corrected chi connectivity index (χ3v) is 3.03. The minimum atomic E-state index is -1.10. The van der Waals surface area contributed by atoms with E-state index in [0.29, 0.717) is 6.61 Å². The number of carboxylic acid groups (broad SMARTS) is 1. The standard InChI is InChI=1S/C10H19NO4S/c1-3-4-5-15-10(14)8(16-2)6-7(11)9(12)13/h7-8H,3-6,11H2,1-2H3,(H,12,13)/t7-,8?/m0/s1. The predicted molar refractivity (Wildman–Crippen MR) is 63.4 cm³/mol. The number of nitrogens with two attached hydrogens (primary N) is 1. The first-order valence-corrected chi connectivity index (χ1v) is 6.49. The Morgan fingerprint density at radius 1 is 1.50 bits per heavy atom. The number of hydrogen-bond acceptors (Lipinski definition) is 5. The van der Waals surface area contributed by atoms with Crippen molar-refractivity contribution in [1.82, 2.24) is 0 Å². The number of carbonyl (C=O) groups is 2. The molecule has 0 fully saturated rings. The Bertz CT molecular complexity index is 235. The van der Waals surface area contributed by atoms with Gasteiger partial charge in [0.1, 0.15) is 11.3 Å². The Labute approximate surface area is 99.7 Å². The van der Waals surface area contributed by atoms with Crippen LogP contribution in [0, 0.1) is 0 Å². The fourth-order valence-electron chi connectivity index (χ4n) is 1.03. The van der Waals surface area contributed by atoms with E-state index in [2.05, 4.69) is 0 Å². The first-order valence-electron chi connectivity index (χ1n) is 5.20. The van der Waals surface area contributed by atoms with Gasteiger partial charge in [-0.05, 0) is 19.1 Å². The smallest absolute Gasteiger partial charge is 0.320 e. The van der Waals surface area contributed by atoms with Crippen molar-refractivity contribution in [2.75, 3.05) is 12.9 Å². The van der Waals surface area contributed by atoms with Crippen molar-refractivity contribution in [2.24, 2.45) is 5.73 Å². The highest BCUT2D eigenvalue weighted by atomic mass is 32.2. The topological polar surface area (TPSA) is 89.6 Å². The quantitative estimate of drug-likeness (QED) is 0.490. The molecule has 0 bridgehead atoms. The summed E-state index contributed by atoms with van der Waals surface area (Å²) < 4.78 is 5.01. The van der Waals surface area contributed by atoms with Crippen molar-refractivity contribution in [3.63, 3.8) is 0 Å². The molecule has 0 saturated heterocycles. The minimum absolute atomic E-state index is 0.0987. The lowest BCUT2D eigenvalue weighted by Gasteiger charge is -2.15. The molecule has 0 aromatic rings. The van der Waals surface area contributed by atoms with Gasteiger partial charge in [-0.1, -0.05) is 13.3 Å². The maximum absolute atomic E-state index is 11.5. The van der Waals surface area contributed by atoms with Gasteiger partial charge in [-0.25, -0.2) is 0 Å². The van der Waals surface area contributed by atoms with Crippen molar-refractivity contribution in [1.29, 1.82) is 0 Å². The second-order valence-electron chi connectivity index (χ2n) is 3.43. The summed E-state index contributed by atoms with van der Waals surface area (Å²) >= 11 is 1.26. The molecule has 0 aromatic carbocycles. The van der Waals surface area contributed by atoms with Crippen molar-refractivity contribution < 1.29 is 19.4 Å². The zero-order valence-corrected chi connectivity index (χ0v) is 10.5. The molecule has 0 radical (unpaired) electrons. The first-order chi connectivity index (χ1) is 7.52. The zero-order valence-electron chi connectivity index (χ0n) is 9.64. The van der Waals surface area contributed by atoms with Crippen LogP contribution >= 0.6 is 11.8 Å². The predicted octanol–water partition coefficient (Wildman–Crippen LogP) is 0.863. The molecule has 0 amide bonds. The van der Waals surface area contributed by atoms with Crippen LogP contribution in [-0.2, 0) is 14.3 Å². The number of ether oxygens (including phenoxy) is 1. The summed E-state index contributed by atoms with van der Waals surface area (Å²) in [6.07, 6.45) is 3.60. The third kappa shape index (κ3) is 5.97. The average molecular weight is 249 g/mol. The molecule has 1 unspecified atom stereocenters. The monoisotopic (exact) mass is 249 g/mol. The number of rotatable bonds is 8. The molecule has 0 saturated carbocycles. The normalized spacial score (nSPS) is 14.2. The van der Waals surface area contributed by atoms with Gasteiger partial charge >= 0.3 is 11.9 Å². The maximum Gasteiger partial charge on any atom is 0.320 e. The molecule has 0 aliphatic heterocycles. The molecule has 0 aliphatic carbocycles. The molecular formula is C10H19NO4S. The van der Waals surface area contributed by atoms with E-state index in [0.717, 1.165) is 12.8 Å². The SMILES string of the molecule is CCCCOC(=O)C(C[C@H](N)C(=O)O)SC. The highest BCUT2D eigenvalue weighted by Crippen LogP contribution is 2.15. The molecule has 0 heterocycles. The number of carboxylic acids is 1. The summed E-state index contributed by atoms with van der Waals surface area (Å²) in [6, 6.07) is -1.02. The van der Waals surface area contributed by atoms with Crippen LogP contribution < -0.4 is 5.73 Å². The van der Waals surface area contributed by atoms with Gasteiger partial charge < -0.3 is 15.6 Å². The highest BCUT2D eigenvalue weighted by molar-refractivity contribution is 7.99. The molecule has 0 spiro atoms. The Morgan fingerprint density at radius 3 is 2.56 bits per heavy atom. The summed E-state index contributed by atoms with van der Waals surface area (Å²) in [7, 11) is 0. The lowest BCUT2D eigenvalue weighted by Crippen LogP contribution is -2.36. The summed E-state index contributed by atoms with van der Waals surface area (Å²) in [5.74, 6) is -1.47. The van der Waals surface area contributed by atoms with Crippen molar-refractivity contribution >= 4 is 23.7 Å². The number of aliphatic carboxylic acids is 1. The molecule has 3 N–H and O–H groups in total. The molecule has 6 heteroatoms. The van der Waals surface area contributed by atoms with Crippen LogP contribution in [0.15, 0.2) is 0 Å². The lowest BCUT2D eigenvalue weighted by molar-refractivity contribution is -0.143. The number of carbonyl (C=O) groups excluding carboxylic acids is 1. The van der Waals surface area contributed by atoms with Gasteiger partial charge in [0.2, 0.25) is 0 Å². The number of thioether (sulfide) groups is 1. The Kier molecular flexibility index (Phi) is 8.01. The Hall–Kier alpha value is -0.750. The van der Waals surface area contributed by atoms with Gasteiger partial charge in [-0.3, -0.25) is 9.59 Å². The van der Waals surface area contributed by atoms with Gasteiger partial charge in [0, 0.05) is 0 Å². The van der Waals surface area contributed by atoms with E-state index in [9.17, 15) is 9.59 Å². The van der Waals surface area contributed by atoms with Crippen LogP contribution in [0.4, 0.5) is 0 Å². The van der Waals surface area contributed by atoms with Crippen LogP contribution in [0.25, 0.3) is 0 Å². The van der Waals surface area contributed by atoms with Crippen LogP contribution in [0.5, 0.6) is 0 Å². The summed E-state index contributed by atoms with van der Waals surface area (Å²) in [6.45, 7) is 2.38. The number of esters is 1. The second kappa shape index (κ2) is 8.41. The largest absolute Gasteiger partial charge is 0.480 e. The third-order valence-electron chi connectivity index (χ3n) is 2.07. The minimum Gasteiger partial charge on any atom is -0.480 e. The molecule has 0 rings (SSSR count). The molecule has 0 aromatic heterocycles. The lowest BCUT2D eigenvalue weighted by atomic mass is 10.1. The maximum atomic E-state index is 11.5. The Balaban J connectivity index is 4.06. The Morgan fingerprint density at radius 2 is 2.12 bits per heavy atom. The van der Waals surface area contributed by atoms with Crippen molar-refractivity contribution in [3.8, 4) is 0 Å². The van der Waals surface area contributed by atoms with Crippen molar-refractivity contribution in [3.05, 3.63) is 0 Å². The van der Waals surface area contributed by atoms with Crippen LogP contribution in [0.1, 0.15) is 26.2 Å². The van der Waals surface area contributed by atoms with Gasteiger partial charge in [0.15, 0.2) is 0 Å². The number of hydrogen-bond donors (Lipinski definition) is 2. The van der Waals surface area contributed by atoms with Gasteiger partial charge in [-0.2, -0.15) is 11.8 Å². The van der Waals surface area contributed by atoms with Crippen LogP contribution in [-0.4, -0.2) is 41.2 Å². The van der Waals surface area contributed by atoms with Crippen LogP contribution in [0.3, 0.4) is 0 Å². The highest BCUT2D eigenvalue weighted by Gasteiger charge is 2.24. The van der Waals surface area contributed by atoms with Crippen LogP contribution in [0.2, 0.25) is 0 Å². The van der Waals surface area contributed by atoms with E-state index < -0.39 is 17.3 Å². The molecular weight excluding hydrogens is 230 g/mol. The second-order valence-corrected chi connectivity index (χ2v) is 4.47. The van der Waals surface area contributed by atoms with Crippen molar-refractivity contribution in [2.45, 2.75) is 37.5 Å². The zero-order chi connectivity index (χ0) is 12.6. The fraction of sp³-hybridized carbons (Fsp3) is 0.800. The van der Waals surface area contributed by atoms with E-state index in [1.54, 1.807) is 6.26 Å². The summed E-state index contributed by atoms with van der Waals surface area (Å²) in [5, 5.41) is 8.14. The average Bonchev–Trinajstić information content (AvgIpc) is 2.25. The summed E-state index contributed by atoms with van der Waals surface area (Å²) in [5.41, 5.74) is 5.36. The first kappa shape index (κ1) is 15.2. The molecule has 5 nitrogen and oxygen atoms in total.